The molecule has 17 heavy (non-hydrogen) atoms. The van der Waals surface area contributed by atoms with Gasteiger partial charge in [0.15, 0.2) is 0 Å². The number of hydrogen-bond acceptors (Lipinski definition) is 4. The minimum absolute atomic E-state index is 0.170. The second kappa shape index (κ2) is 5.75. The molecule has 0 spiro atoms. The molecule has 1 N–H and O–H groups in total. The molecule has 5 nitrogen and oxygen atoms in total. The molecule has 0 aliphatic carbocycles. The van der Waals surface area contributed by atoms with Crippen LogP contribution in [0.25, 0.3) is 0 Å². The number of rotatable bonds is 5. The maximum absolute atomic E-state index is 8.73. The first-order valence-corrected chi connectivity index (χ1v) is 5.75. The van der Waals surface area contributed by atoms with Crippen molar-refractivity contribution in [1.29, 1.82) is 0 Å². The molecular weight excluding hydrogens is 240 g/mol. The van der Waals surface area contributed by atoms with Gasteiger partial charge in [0.1, 0.15) is 0 Å². The van der Waals surface area contributed by atoms with Crippen LogP contribution in [0, 0.1) is 0 Å². The van der Waals surface area contributed by atoms with Crippen LogP contribution in [0.2, 0.25) is 5.02 Å². The van der Waals surface area contributed by atoms with Gasteiger partial charge in [-0.3, -0.25) is 4.98 Å². The Morgan fingerprint density at radius 1 is 1.41 bits per heavy atom. The molecule has 0 saturated heterocycles. The summed E-state index contributed by atoms with van der Waals surface area (Å²) in [6, 6.07) is 1.86. The lowest BCUT2D eigenvalue weighted by molar-refractivity contribution is 0.288. The van der Waals surface area contributed by atoms with E-state index in [4.69, 9.17) is 16.7 Å². The summed E-state index contributed by atoms with van der Waals surface area (Å²) >= 11 is 6.01. The van der Waals surface area contributed by atoms with Gasteiger partial charge in [0, 0.05) is 25.2 Å². The molecule has 0 aliphatic rings. The van der Waals surface area contributed by atoms with Gasteiger partial charge >= 0.3 is 0 Å². The summed E-state index contributed by atoms with van der Waals surface area (Å²) in [7, 11) is 0. The zero-order valence-electron chi connectivity index (χ0n) is 9.25. The molecular formula is C11H13ClN4O. The number of nitrogens with zero attached hydrogens (tertiary/aromatic N) is 4. The molecule has 0 atom stereocenters. The Morgan fingerprint density at radius 3 is 3.06 bits per heavy atom. The highest BCUT2D eigenvalue weighted by Crippen LogP contribution is 2.14. The fraction of sp³-hybridized carbons (Fsp3) is 0.364. The van der Waals surface area contributed by atoms with Gasteiger partial charge in [-0.05, 0) is 24.5 Å². The van der Waals surface area contributed by atoms with Crippen LogP contribution in [0.3, 0.4) is 0 Å². The molecule has 0 saturated carbocycles. The van der Waals surface area contributed by atoms with Crippen molar-refractivity contribution in [1.82, 2.24) is 20.0 Å². The number of pyridine rings is 1. The molecule has 0 radical (unpaired) electrons. The van der Waals surface area contributed by atoms with Crippen molar-refractivity contribution >= 4 is 11.6 Å². The number of aromatic nitrogens is 4. The van der Waals surface area contributed by atoms with Crippen LogP contribution >= 0.6 is 11.6 Å². The molecule has 2 heterocycles. The Hall–Kier alpha value is -1.46. The minimum atomic E-state index is 0.170. The first-order valence-electron chi connectivity index (χ1n) is 5.38. The second-order valence-electron chi connectivity index (χ2n) is 3.70. The van der Waals surface area contributed by atoms with E-state index in [9.17, 15) is 0 Å². The first-order chi connectivity index (χ1) is 8.29. The predicted octanol–water partition coefficient (Wildman–Crippen LogP) is 1.30. The predicted molar refractivity (Wildman–Crippen MR) is 63.8 cm³/mol. The Balaban J connectivity index is 2.04. The van der Waals surface area contributed by atoms with Crippen LogP contribution in [-0.4, -0.2) is 31.7 Å². The smallest absolute Gasteiger partial charge is 0.0828 e. The first kappa shape index (κ1) is 12.0. The summed E-state index contributed by atoms with van der Waals surface area (Å²) in [6.07, 6.45) is 6.62. The van der Waals surface area contributed by atoms with Crippen molar-refractivity contribution < 1.29 is 5.11 Å². The number of aryl methyl sites for hydroxylation is 1. The van der Waals surface area contributed by atoms with E-state index in [0.29, 0.717) is 18.0 Å². The van der Waals surface area contributed by atoms with Crippen LogP contribution in [0.15, 0.2) is 24.7 Å². The highest BCUT2D eigenvalue weighted by molar-refractivity contribution is 6.31. The highest BCUT2D eigenvalue weighted by atomic mass is 35.5. The Kier molecular flexibility index (Phi) is 4.06. The molecule has 0 aliphatic heterocycles. The third-order valence-electron chi connectivity index (χ3n) is 2.37. The molecule has 90 valence electrons. The van der Waals surface area contributed by atoms with Crippen LogP contribution in [-0.2, 0) is 13.0 Å². The van der Waals surface area contributed by atoms with Crippen LogP contribution in [0.5, 0.6) is 0 Å². The van der Waals surface area contributed by atoms with Gasteiger partial charge in [0.2, 0.25) is 0 Å². The molecule has 0 unspecified atom stereocenters. The number of aliphatic hydroxyl groups is 1. The quantitative estimate of drug-likeness (QED) is 0.871. The van der Waals surface area contributed by atoms with Crippen molar-refractivity contribution in [2.45, 2.75) is 19.4 Å². The van der Waals surface area contributed by atoms with Crippen molar-refractivity contribution in [3.63, 3.8) is 0 Å². The minimum Gasteiger partial charge on any atom is -0.396 e. The SMILES string of the molecule is OCCCc1cn(Cc2ccncc2Cl)nn1. The monoisotopic (exact) mass is 252 g/mol. The van der Waals surface area contributed by atoms with Gasteiger partial charge in [-0.2, -0.15) is 0 Å². The van der Waals surface area contributed by atoms with E-state index in [1.165, 1.54) is 0 Å². The van der Waals surface area contributed by atoms with Crippen molar-refractivity contribution in [2.24, 2.45) is 0 Å². The molecule has 0 fully saturated rings. The average molecular weight is 253 g/mol. The summed E-state index contributed by atoms with van der Waals surface area (Å²) in [5, 5.41) is 17.4. The largest absolute Gasteiger partial charge is 0.396 e. The van der Waals surface area contributed by atoms with Gasteiger partial charge < -0.3 is 5.11 Å². The summed E-state index contributed by atoms with van der Waals surface area (Å²) in [5.74, 6) is 0. The molecule has 0 amide bonds. The zero-order valence-corrected chi connectivity index (χ0v) is 10.0. The molecule has 0 aromatic carbocycles. The summed E-state index contributed by atoms with van der Waals surface area (Å²) in [6.45, 7) is 0.747. The van der Waals surface area contributed by atoms with E-state index in [1.807, 2.05) is 12.3 Å². The molecule has 6 heteroatoms. The van der Waals surface area contributed by atoms with E-state index in [0.717, 1.165) is 17.7 Å². The van der Waals surface area contributed by atoms with Gasteiger partial charge in [-0.1, -0.05) is 16.8 Å². The van der Waals surface area contributed by atoms with E-state index >= 15 is 0 Å². The van der Waals surface area contributed by atoms with Crippen LogP contribution in [0.1, 0.15) is 17.7 Å². The number of halogens is 1. The molecule has 2 aromatic rings. The van der Waals surface area contributed by atoms with Gasteiger partial charge in [-0.25, -0.2) is 4.68 Å². The molecule has 0 bridgehead atoms. The maximum atomic E-state index is 8.73. The second-order valence-corrected chi connectivity index (χ2v) is 4.11. The van der Waals surface area contributed by atoms with Crippen molar-refractivity contribution in [3.8, 4) is 0 Å². The number of aliphatic hydroxyl groups excluding tert-OH is 1. The Bertz CT molecular complexity index is 486. The van der Waals surface area contributed by atoms with E-state index in [-0.39, 0.29) is 6.61 Å². The van der Waals surface area contributed by atoms with Gasteiger partial charge in [-0.15, -0.1) is 5.10 Å². The van der Waals surface area contributed by atoms with Crippen molar-refractivity contribution in [3.05, 3.63) is 40.9 Å². The third kappa shape index (κ3) is 3.25. The average Bonchev–Trinajstić information content (AvgIpc) is 2.77. The van der Waals surface area contributed by atoms with E-state index in [1.54, 1.807) is 17.1 Å². The standard InChI is InChI=1S/C11H13ClN4O/c12-11-6-13-4-3-9(11)7-16-8-10(14-15-16)2-1-5-17/h3-4,6,8,17H,1-2,5,7H2. The summed E-state index contributed by atoms with van der Waals surface area (Å²) in [4.78, 5) is 3.93. The normalized spacial score (nSPS) is 10.7. The summed E-state index contributed by atoms with van der Waals surface area (Å²) < 4.78 is 1.73. The van der Waals surface area contributed by atoms with Gasteiger partial charge in [0.25, 0.3) is 0 Å². The number of hydrogen-bond donors (Lipinski definition) is 1. The van der Waals surface area contributed by atoms with Crippen molar-refractivity contribution in [2.75, 3.05) is 6.61 Å². The maximum Gasteiger partial charge on any atom is 0.0828 e. The topological polar surface area (TPSA) is 63.8 Å². The Morgan fingerprint density at radius 2 is 2.29 bits per heavy atom. The Labute approximate surface area is 104 Å². The van der Waals surface area contributed by atoms with Crippen LogP contribution < -0.4 is 0 Å². The summed E-state index contributed by atoms with van der Waals surface area (Å²) in [5.41, 5.74) is 1.84. The van der Waals surface area contributed by atoms with Crippen LogP contribution in [0.4, 0.5) is 0 Å². The molecule has 2 rings (SSSR count). The lowest BCUT2D eigenvalue weighted by atomic mass is 10.2. The fourth-order valence-electron chi connectivity index (χ4n) is 1.50. The van der Waals surface area contributed by atoms with E-state index in [2.05, 4.69) is 15.3 Å². The lowest BCUT2D eigenvalue weighted by Crippen LogP contribution is -2.01. The lowest BCUT2D eigenvalue weighted by Gasteiger charge is -2.02. The molecule has 2 aromatic heterocycles. The van der Waals surface area contributed by atoms with Gasteiger partial charge in [0.05, 0.1) is 17.3 Å². The fourth-order valence-corrected chi connectivity index (χ4v) is 1.68. The zero-order chi connectivity index (χ0) is 12.1. The highest BCUT2D eigenvalue weighted by Gasteiger charge is 2.04. The van der Waals surface area contributed by atoms with E-state index < -0.39 is 0 Å². The third-order valence-corrected chi connectivity index (χ3v) is 2.71.